The van der Waals surface area contributed by atoms with E-state index in [2.05, 4.69) is 25.5 Å². The first-order valence-corrected chi connectivity index (χ1v) is 9.07. The number of nitrogens with one attached hydrogen (secondary N) is 1. The van der Waals surface area contributed by atoms with Crippen LogP contribution in [-0.2, 0) is 0 Å². The summed E-state index contributed by atoms with van der Waals surface area (Å²) in [5.74, 6) is 0.624. The monoisotopic (exact) mass is 378 g/mol. The van der Waals surface area contributed by atoms with E-state index in [1.54, 1.807) is 4.52 Å². The molecule has 0 saturated carbocycles. The highest BCUT2D eigenvalue weighted by Crippen LogP contribution is 2.29. The molecule has 0 unspecified atom stereocenters. The SMILES string of the molecule is Clc1cccc(-c2nn3c(-c4cc(-c5ccccc5)n[nH]4)nnc3s2)c1. The first kappa shape index (κ1) is 15.2. The molecule has 126 valence electrons. The van der Waals surface area contributed by atoms with Crippen LogP contribution in [-0.4, -0.2) is 30.0 Å². The Hall–Kier alpha value is -3.03. The minimum Gasteiger partial charge on any atom is -0.274 e. The van der Waals surface area contributed by atoms with Crippen molar-refractivity contribution in [2.75, 3.05) is 0 Å². The van der Waals surface area contributed by atoms with E-state index in [1.165, 1.54) is 11.3 Å². The van der Waals surface area contributed by atoms with Gasteiger partial charge in [-0.05, 0) is 18.2 Å². The van der Waals surface area contributed by atoms with Crippen LogP contribution in [0.3, 0.4) is 0 Å². The number of halogens is 1. The van der Waals surface area contributed by atoms with Gasteiger partial charge in [0.05, 0.1) is 5.69 Å². The van der Waals surface area contributed by atoms with Crippen molar-refractivity contribution in [2.24, 2.45) is 0 Å². The minimum absolute atomic E-state index is 0.624. The van der Waals surface area contributed by atoms with Crippen molar-refractivity contribution in [3.8, 4) is 33.3 Å². The molecule has 3 heterocycles. The molecule has 0 bridgehead atoms. The number of rotatable bonds is 3. The summed E-state index contributed by atoms with van der Waals surface area (Å²) >= 11 is 7.55. The third-order valence-electron chi connectivity index (χ3n) is 3.95. The molecule has 0 aliphatic heterocycles. The Morgan fingerprint density at radius 2 is 1.77 bits per heavy atom. The highest BCUT2D eigenvalue weighted by Gasteiger charge is 2.16. The summed E-state index contributed by atoms with van der Waals surface area (Å²) in [5, 5.41) is 22.0. The highest BCUT2D eigenvalue weighted by molar-refractivity contribution is 7.19. The zero-order chi connectivity index (χ0) is 17.5. The molecule has 6 nitrogen and oxygen atoms in total. The Labute approximate surface area is 157 Å². The van der Waals surface area contributed by atoms with Crippen LogP contribution in [0.15, 0.2) is 60.7 Å². The maximum atomic E-state index is 6.08. The van der Waals surface area contributed by atoms with E-state index >= 15 is 0 Å². The van der Waals surface area contributed by atoms with Gasteiger partial charge in [-0.15, -0.1) is 10.2 Å². The van der Waals surface area contributed by atoms with Crippen LogP contribution in [0.1, 0.15) is 0 Å². The molecule has 5 rings (SSSR count). The molecule has 3 aromatic heterocycles. The number of hydrogen-bond acceptors (Lipinski definition) is 5. The van der Waals surface area contributed by atoms with Crippen molar-refractivity contribution in [2.45, 2.75) is 0 Å². The Morgan fingerprint density at radius 3 is 2.62 bits per heavy atom. The van der Waals surface area contributed by atoms with Gasteiger partial charge in [-0.25, -0.2) is 0 Å². The standard InChI is InChI=1S/C18H11ClN6S/c19-13-8-4-7-12(9-13)17-24-25-16(22-23-18(25)26-17)15-10-14(20-21-15)11-5-2-1-3-6-11/h1-10H,(H,20,21). The average Bonchev–Trinajstić information content (AvgIpc) is 3.38. The average molecular weight is 379 g/mol. The number of fused-ring (bicyclic) bond motifs is 1. The van der Waals surface area contributed by atoms with Gasteiger partial charge in [0.25, 0.3) is 0 Å². The number of benzene rings is 2. The third kappa shape index (κ3) is 2.58. The van der Waals surface area contributed by atoms with Crippen LogP contribution in [0.4, 0.5) is 0 Å². The molecule has 0 radical (unpaired) electrons. The van der Waals surface area contributed by atoms with E-state index in [9.17, 15) is 0 Å². The summed E-state index contributed by atoms with van der Waals surface area (Å²) in [7, 11) is 0. The Balaban J connectivity index is 1.57. The second kappa shape index (κ2) is 6.05. The zero-order valence-corrected chi connectivity index (χ0v) is 14.9. The molecule has 0 amide bonds. The van der Waals surface area contributed by atoms with Crippen molar-refractivity contribution in [1.82, 2.24) is 30.0 Å². The van der Waals surface area contributed by atoms with Gasteiger partial charge >= 0.3 is 0 Å². The molecular formula is C18H11ClN6S. The van der Waals surface area contributed by atoms with E-state index in [0.29, 0.717) is 15.8 Å². The minimum atomic E-state index is 0.624. The number of nitrogens with zero attached hydrogens (tertiary/aromatic N) is 5. The fourth-order valence-corrected chi connectivity index (χ4v) is 3.74. The topological polar surface area (TPSA) is 71.8 Å². The van der Waals surface area contributed by atoms with Crippen LogP contribution in [0.5, 0.6) is 0 Å². The van der Waals surface area contributed by atoms with E-state index in [0.717, 1.165) is 27.5 Å². The molecule has 0 saturated heterocycles. The smallest absolute Gasteiger partial charge is 0.235 e. The Kier molecular flexibility index (Phi) is 3.55. The van der Waals surface area contributed by atoms with Gasteiger partial charge < -0.3 is 0 Å². The maximum Gasteiger partial charge on any atom is 0.235 e. The number of aromatic amines is 1. The molecule has 26 heavy (non-hydrogen) atoms. The molecule has 5 aromatic rings. The lowest BCUT2D eigenvalue weighted by atomic mass is 10.1. The lowest BCUT2D eigenvalue weighted by molar-refractivity contribution is 0.955. The molecule has 1 N–H and O–H groups in total. The van der Waals surface area contributed by atoms with E-state index in [4.69, 9.17) is 11.6 Å². The molecule has 8 heteroatoms. The Bertz CT molecular complexity index is 1210. The third-order valence-corrected chi connectivity index (χ3v) is 5.13. The summed E-state index contributed by atoms with van der Waals surface area (Å²) < 4.78 is 1.73. The van der Waals surface area contributed by atoms with E-state index < -0.39 is 0 Å². The van der Waals surface area contributed by atoms with Crippen LogP contribution < -0.4 is 0 Å². The van der Waals surface area contributed by atoms with Crippen LogP contribution >= 0.6 is 22.9 Å². The molecule has 2 aromatic carbocycles. The normalized spacial score (nSPS) is 11.3. The lowest BCUT2D eigenvalue weighted by Gasteiger charge is -1.95. The summed E-state index contributed by atoms with van der Waals surface area (Å²) in [6.07, 6.45) is 0. The second-order valence-electron chi connectivity index (χ2n) is 5.67. The molecule has 0 aliphatic carbocycles. The number of hydrogen-bond donors (Lipinski definition) is 1. The molecule has 0 spiro atoms. The fraction of sp³-hybridized carbons (Fsp3) is 0. The summed E-state index contributed by atoms with van der Waals surface area (Å²) in [6.45, 7) is 0. The molecular weight excluding hydrogens is 368 g/mol. The fourth-order valence-electron chi connectivity index (χ4n) is 2.72. The maximum absolute atomic E-state index is 6.08. The van der Waals surface area contributed by atoms with Gasteiger partial charge in [0.15, 0.2) is 0 Å². The van der Waals surface area contributed by atoms with E-state index in [1.807, 2.05) is 60.7 Å². The molecule has 0 atom stereocenters. The van der Waals surface area contributed by atoms with Gasteiger partial charge in [-0.3, -0.25) is 5.10 Å². The van der Waals surface area contributed by atoms with Crippen LogP contribution in [0.2, 0.25) is 5.02 Å². The molecule has 0 aliphatic rings. The van der Waals surface area contributed by atoms with Gasteiger partial charge in [-0.2, -0.15) is 14.7 Å². The summed E-state index contributed by atoms with van der Waals surface area (Å²) in [4.78, 5) is 0.714. The quantitative estimate of drug-likeness (QED) is 0.499. The number of H-pyrrole nitrogens is 1. The van der Waals surface area contributed by atoms with Gasteiger partial charge in [0.2, 0.25) is 10.8 Å². The second-order valence-corrected chi connectivity index (χ2v) is 7.06. The van der Waals surface area contributed by atoms with Crippen molar-refractivity contribution in [1.29, 1.82) is 0 Å². The first-order chi connectivity index (χ1) is 12.8. The first-order valence-electron chi connectivity index (χ1n) is 7.87. The van der Waals surface area contributed by atoms with Crippen molar-refractivity contribution in [3.05, 3.63) is 65.7 Å². The van der Waals surface area contributed by atoms with Crippen LogP contribution in [0.25, 0.3) is 38.3 Å². The van der Waals surface area contributed by atoms with Crippen molar-refractivity contribution < 1.29 is 0 Å². The predicted octanol–water partition coefficient (Wildman–Crippen LogP) is 4.56. The lowest BCUT2D eigenvalue weighted by Crippen LogP contribution is -1.91. The van der Waals surface area contributed by atoms with E-state index in [-0.39, 0.29) is 0 Å². The summed E-state index contributed by atoms with van der Waals surface area (Å²) in [5.41, 5.74) is 3.60. The van der Waals surface area contributed by atoms with Gasteiger partial charge in [0.1, 0.15) is 10.7 Å². The zero-order valence-electron chi connectivity index (χ0n) is 13.3. The molecule has 0 fully saturated rings. The summed E-state index contributed by atoms with van der Waals surface area (Å²) in [6, 6.07) is 19.5. The largest absolute Gasteiger partial charge is 0.274 e. The van der Waals surface area contributed by atoms with Crippen molar-refractivity contribution >= 4 is 27.9 Å². The predicted molar refractivity (Wildman–Crippen MR) is 102 cm³/mol. The van der Waals surface area contributed by atoms with Gasteiger partial charge in [0, 0.05) is 16.1 Å². The van der Waals surface area contributed by atoms with Gasteiger partial charge in [-0.1, -0.05) is 65.4 Å². The van der Waals surface area contributed by atoms with Crippen molar-refractivity contribution in [3.63, 3.8) is 0 Å². The van der Waals surface area contributed by atoms with Crippen LogP contribution in [0, 0.1) is 0 Å². The Morgan fingerprint density at radius 1 is 0.923 bits per heavy atom. The number of aromatic nitrogens is 6. The highest BCUT2D eigenvalue weighted by atomic mass is 35.5.